The fourth-order valence-corrected chi connectivity index (χ4v) is 3.40. The Balaban J connectivity index is 1.62. The molecule has 0 spiro atoms. The predicted molar refractivity (Wildman–Crippen MR) is 119 cm³/mol. The number of benzene rings is 3. The van der Waals surface area contributed by atoms with Crippen LogP contribution in [-0.4, -0.2) is 14.2 Å². The third-order valence-corrected chi connectivity index (χ3v) is 5.25. The smallest absolute Gasteiger partial charge is 0.344 e. The summed E-state index contributed by atoms with van der Waals surface area (Å²) in [5, 5.41) is 0.801. The lowest BCUT2D eigenvalue weighted by atomic mass is 10.1. The van der Waals surface area contributed by atoms with Crippen LogP contribution in [0.2, 0.25) is 0 Å². The topological polar surface area (TPSA) is 57.9 Å². The number of ether oxygens (including phenoxy) is 3. The van der Waals surface area contributed by atoms with Gasteiger partial charge in [-0.1, -0.05) is 34.1 Å². The van der Waals surface area contributed by atoms with E-state index in [0.717, 1.165) is 15.4 Å². The van der Waals surface area contributed by atoms with Crippen LogP contribution in [-0.2, 0) is 6.61 Å². The number of rotatable bonds is 6. The fraction of sp³-hybridized carbons (Fsp3) is 0.125. The van der Waals surface area contributed by atoms with E-state index in [1.165, 1.54) is 0 Å². The van der Waals surface area contributed by atoms with E-state index in [1.807, 2.05) is 36.4 Å². The van der Waals surface area contributed by atoms with Gasteiger partial charge in [0.15, 0.2) is 11.5 Å². The van der Waals surface area contributed by atoms with Gasteiger partial charge in [0.05, 0.1) is 19.8 Å². The molecule has 0 saturated heterocycles. The summed E-state index contributed by atoms with van der Waals surface area (Å²) in [5.41, 5.74) is 2.23. The standard InChI is InChI=1S/C24H19BrO5/c1-27-21-10-6-16(12-23(21)28-2)20-11-17-5-9-19(13-22(17)30-24(20)26)29-14-15-3-7-18(25)8-4-15/h3-13H,14H2,1-2H3. The molecule has 3 aromatic carbocycles. The Hall–Kier alpha value is -3.25. The molecule has 1 heterocycles. The Morgan fingerprint density at radius 3 is 2.37 bits per heavy atom. The number of halogens is 1. The molecule has 0 bridgehead atoms. The normalized spacial score (nSPS) is 10.8. The zero-order valence-electron chi connectivity index (χ0n) is 16.5. The van der Waals surface area contributed by atoms with E-state index in [-0.39, 0.29) is 0 Å². The van der Waals surface area contributed by atoms with Crippen LogP contribution in [0.1, 0.15) is 5.56 Å². The second-order valence-electron chi connectivity index (χ2n) is 6.63. The average Bonchev–Trinajstić information content (AvgIpc) is 2.77. The molecule has 1 aromatic heterocycles. The van der Waals surface area contributed by atoms with E-state index in [0.29, 0.717) is 40.6 Å². The van der Waals surface area contributed by atoms with Crippen LogP contribution in [0.4, 0.5) is 0 Å². The second-order valence-corrected chi connectivity index (χ2v) is 7.55. The quantitative estimate of drug-likeness (QED) is 0.335. The molecular weight excluding hydrogens is 448 g/mol. The highest BCUT2D eigenvalue weighted by Gasteiger charge is 2.12. The summed E-state index contributed by atoms with van der Waals surface area (Å²) in [4.78, 5) is 12.6. The average molecular weight is 467 g/mol. The lowest BCUT2D eigenvalue weighted by Crippen LogP contribution is -2.03. The molecule has 0 saturated carbocycles. The molecule has 0 unspecified atom stereocenters. The first-order chi connectivity index (χ1) is 14.6. The summed E-state index contributed by atoms with van der Waals surface area (Å²) in [6, 6.07) is 20.5. The molecule has 0 radical (unpaired) electrons. The molecule has 0 fully saturated rings. The molecule has 0 amide bonds. The number of hydrogen-bond donors (Lipinski definition) is 0. The zero-order chi connectivity index (χ0) is 21.1. The van der Waals surface area contributed by atoms with Crippen molar-refractivity contribution in [3.05, 3.63) is 87.2 Å². The van der Waals surface area contributed by atoms with Crippen LogP contribution in [0, 0.1) is 0 Å². The maximum absolute atomic E-state index is 12.6. The molecule has 6 heteroatoms. The minimum absolute atomic E-state index is 0.423. The van der Waals surface area contributed by atoms with Gasteiger partial charge in [0.25, 0.3) is 0 Å². The van der Waals surface area contributed by atoms with Crippen molar-refractivity contribution in [1.82, 2.24) is 0 Å². The first-order valence-corrected chi connectivity index (χ1v) is 10.0. The van der Waals surface area contributed by atoms with Gasteiger partial charge in [0.1, 0.15) is 17.9 Å². The van der Waals surface area contributed by atoms with E-state index < -0.39 is 5.63 Å². The summed E-state index contributed by atoms with van der Waals surface area (Å²) < 4.78 is 23.0. The first kappa shape index (κ1) is 20.0. The van der Waals surface area contributed by atoms with Crippen LogP contribution in [0.3, 0.4) is 0 Å². The highest BCUT2D eigenvalue weighted by molar-refractivity contribution is 9.10. The maximum Gasteiger partial charge on any atom is 0.344 e. The second kappa shape index (κ2) is 8.63. The Kier molecular flexibility index (Phi) is 5.77. The van der Waals surface area contributed by atoms with E-state index in [2.05, 4.69) is 15.9 Å². The molecule has 5 nitrogen and oxygen atoms in total. The van der Waals surface area contributed by atoms with Crippen molar-refractivity contribution in [3.63, 3.8) is 0 Å². The van der Waals surface area contributed by atoms with Crippen molar-refractivity contribution in [3.8, 4) is 28.4 Å². The van der Waals surface area contributed by atoms with Crippen molar-refractivity contribution in [2.45, 2.75) is 6.61 Å². The Bertz CT molecular complexity index is 1240. The molecule has 152 valence electrons. The van der Waals surface area contributed by atoms with E-state index >= 15 is 0 Å². The highest BCUT2D eigenvalue weighted by atomic mass is 79.9. The molecule has 0 N–H and O–H groups in total. The third kappa shape index (κ3) is 4.19. The van der Waals surface area contributed by atoms with Crippen molar-refractivity contribution in [2.75, 3.05) is 14.2 Å². The van der Waals surface area contributed by atoms with E-state index in [9.17, 15) is 4.79 Å². The van der Waals surface area contributed by atoms with Gasteiger partial charge in [0.2, 0.25) is 0 Å². The summed E-state index contributed by atoms with van der Waals surface area (Å²) in [5.74, 6) is 1.78. The summed E-state index contributed by atoms with van der Waals surface area (Å²) in [6.07, 6.45) is 0. The summed E-state index contributed by atoms with van der Waals surface area (Å²) in [6.45, 7) is 0.423. The Morgan fingerprint density at radius 2 is 1.63 bits per heavy atom. The van der Waals surface area contributed by atoms with E-state index in [4.69, 9.17) is 18.6 Å². The van der Waals surface area contributed by atoms with Crippen molar-refractivity contribution < 1.29 is 18.6 Å². The van der Waals surface area contributed by atoms with Gasteiger partial charge in [-0.05, 0) is 53.6 Å². The molecule has 4 aromatic rings. The van der Waals surface area contributed by atoms with Crippen LogP contribution in [0.25, 0.3) is 22.1 Å². The van der Waals surface area contributed by atoms with Gasteiger partial charge in [-0.15, -0.1) is 0 Å². The monoisotopic (exact) mass is 466 g/mol. The van der Waals surface area contributed by atoms with Crippen LogP contribution in [0.15, 0.2) is 80.4 Å². The lowest BCUT2D eigenvalue weighted by Gasteiger charge is -2.10. The van der Waals surface area contributed by atoms with E-state index in [1.54, 1.807) is 44.6 Å². The summed E-state index contributed by atoms with van der Waals surface area (Å²) in [7, 11) is 3.12. The molecule has 0 aliphatic heterocycles. The van der Waals surface area contributed by atoms with Crippen molar-refractivity contribution in [2.24, 2.45) is 0 Å². The number of hydrogen-bond acceptors (Lipinski definition) is 5. The summed E-state index contributed by atoms with van der Waals surface area (Å²) >= 11 is 3.42. The predicted octanol–water partition coefficient (Wildman–Crippen LogP) is 5.82. The van der Waals surface area contributed by atoms with Crippen LogP contribution >= 0.6 is 15.9 Å². The van der Waals surface area contributed by atoms with Gasteiger partial charge >= 0.3 is 5.63 Å². The first-order valence-electron chi connectivity index (χ1n) is 9.25. The van der Waals surface area contributed by atoms with Gasteiger partial charge in [0, 0.05) is 15.9 Å². The van der Waals surface area contributed by atoms with Crippen molar-refractivity contribution >= 4 is 26.9 Å². The lowest BCUT2D eigenvalue weighted by molar-refractivity contribution is 0.306. The maximum atomic E-state index is 12.6. The zero-order valence-corrected chi connectivity index (χ0v) is 18.1. The van der Waals surface area contributed by atoms with Crippen LogP contribution < -0.4 is 19.8 Å². The number of fused-ring (bicyclic) bond motifs is 1. The minimum Gasteiger partial charge on any atom is -0.493 e. The molecule has 30 heavy (non-hydrogen) atoms. The Morgan fingerprint density at radius 1 is 0.867 bits per heavy atom. The molecular formula is C24H19BrO5. The minimum atomic E-state index is -0.431. The molecule has 0 aliphatic carbocycles. The van der Waals surface area contributed by atoms with Gasteiger partial charge in [-0.2, -0.15) is 0 Å². The fourth-order valence-electron chi connectivity index (χ4n) is 3.13. The largest absolute Gasteiger partial charge is 0.493 e. The SMILES string of the molecule is COc1ccc(-c2cc3ccc(OCc4ccc(Br)cc4)cc3oc2=O)cc1OC. The van der Waals surface area contributed by atoms with Gasteiger partial charge in [-0.3, -0.25) is 0 Å². The van der Waals surface area contributed by atoms with Gasteiger partial charge in [-0.25, -0.2) is 4.79 Å². The highest BCUT2D eigenvalue weighted by Crippen LogP contribution is 2.32. The number of methoxy groups -OCH3 is 2. The molecule has 0 atom stereocenters. The third-order valence-electron chi connectivity index (χ3n) is 4.72. The van der Waals surface area contributed by atoms with Crippen molar-refractivity contribution in [1.29, 1.82) is 0 Å². The Labute approximate surface area is 181 Å². The van der Waals surface area contributed by atoms with Gasteiger partial charge < -0.3 is 18.6 Å². The molecule has 0 aliphatic rings. The van der Waals surface area contributed by atoms with Crippen LogP contribution in [0.5, 0.6) is 17.2 Å². The molecule has 4 rings (SSSR count).